The fourth-order valence-electron chi connectivity index (χ4n) is 2.43. The van der Waals surface area contributed by atoms with Gasteiger partial charge in [-0.2, -0.15) is 0 Å². The number of hydrogen-bond donors (Lipinski definition) is 1. The Hall–Kier alpha value is -2.41. The van der Waals surface area contributed by atoms with E-state index in [0.29, 0.717) is 22.9 Å². The van der Waals surface area contributed by atoms with Gasteiger partial charge in [-0.1, -0.05) is 19.9 Å². The summed E-state index contributed by atoms with van der Waals surface area (Å²) in [5.74, 6) is 1.61. The van der Waals surface area contributed by atoms with Gasteiger partial charge in [0.15, 0.2) is 11.5 Å². The standard InChI is InChI=1S/C17H19NO5S/c1-11(2)12-4-6-15(21-3)17(8-12)24(19,20)18-13-5-7-14-16(9-13)23-10-22-14/h4-9,11,18H,10H2,1-3H3. The number of hydrogen-bond acceptors (Lipinski definition) is 5. The molecule has 0 aliphatic carbocycles. The lowest BCUT2D eigenvalue weighted by Crippen LogP contribution is -2.14. The Bertz CT molecular complexity index is 861. The van der Waals surface area contributed by atoms with Crippen molar-refractivity contribution in [2.24, 2.45) is 0 Å². The molecule has 1 N–H and O–H groups in total. The van der Waals surface area contributed by atoms with Gasteiger partial charge >= 0.3 is 0 Å². The highest BCUT2D eigenvalue weighted by Gasteiger charge is 2.22. The molecule has 3 rings (SSSR count). The normalized spacial score (nSPS) is 13.2. The SMILES string of the molecule is COc1ccc(C(C)C)cc1S(=O)(=O)Nc1ccc2c(c1)OCO2. The van der Waals surface area contributed by atoms with Crippen LogP contribution < -0.4 is 18.9 Å². The molecule has 0 fully saturated rings. The predicted octanol–water partition coefficient (Wildman–Crippen LogP) is 3.35. The van der Waals surface area contributed by atoms with Crippen LogP contribution in [-0.4, -0.2) is 22.3 Å². The fraction of sp³-hybridized carbons (Fsp3) is 0.294. The molecule has 7 heteroatoms. The molecule has 0 spiro atoms. The predicted molar refractivity (Wildman–Crippen MR) is 90.5 cm³/mol. The van der Waals surface area contributed by atoms with Crippen LogP contribution in [0.2, 0.25) is 0 Å². The van der Waals surface area contributed by atoms with E-state index in [1.807, 2.05) is 19.9 Å². The second kappa shape index (κ2) is 6.24. The summed E-state index contributed by atoms with van der Waals surface area (Å²) >= 11 is 0. The van der Waals surface area contributed by atoms with Crippen molar-refractivity contribution >= 4 is 15.7 Å². The molecule has 0 radical (unpaired) electrons. The summed E-state index contributed by atoms with van der Waals surface area (Å²) in [6, 6.07) is 10.1. The number of fused-ring (bicyclic) bond motifs is 1. The Morgan fingerprint density at radius 3 is 2.54 bits per heavy atom. The number of sulfonamides is 1. The lowest BCUT2D eigenvalue weighted by atomic mass is 10.0. The smallest absolute Gasteiger partial charge is 0.265 e. The molecule has 128 valence electrons. The first-order chi connectivity index (χ1) is 11.4. The summed E-state index contributed by atoms with van der Waals surface area (Å²) in [4.78, 5) is 0.105. The lowest BCUT2D eigenvalue weighted by molar-refractivity contribution is 0.174. The summed E-state index contributed by atoms with van der Waals surface area (Å²) in [7, 11) is -2.35. The molecule has 0 saturated carbocycles. The highest BCUT2D eigenvalue weighted by molar-refractivity contribution is 7.92. The molecule has 0 saturated heterocycles. The first kappa shape index (κ1) is 16.4. The average Bonchev–Trinajstić information content (AvgIpc) is 3.01. The summed E-state index contributed by atoms with van der Waals surface area (Å²) in [5.41, 5.74) is 1.32. The van der Waals surface area contributed by atoms with E-state index in [4.69, 9.17) is 14.2 Å². The van der Waals surface area contributed by atoms with Gasteiger partial charge in [0.25, 0.3) is 10.0 Å². The Morgan fingerprint density at radius 2 is 1.83 bits per heavy atom. The van der Waals surface area contributed by atoms with Crippen LogP contribution in [0.25, 0.3) is 0 Å². The summed E-state index contributed by atoms with van der Waals surface area (Å²) in [6.07, 6.45) is 0. The zero-order chi connectivity index (χ0) is 17.3. The van der Waals surface area contributed by atoms with Crippen LogP contribution in [0.3, 0.4) is 0 Å². The zero-order valence-corrected chi connectivity index (χ0v) is 14.5. The molecule has 1 aliphatic heterocycles. The van der Waals surface area contributed by atoms with Crippen molar-refractivity contribution in [2.45, 2.75) is 24.7 Å². The van der Waals surface area contributed by atoms with Crippen LogP contribution in [0, 0.1) is 0 Å². The third-order valence-electron chi connectivity index (χ3n) is 3.77. The van der Waals surface area contributed by atoms with Gasteiger partial charge in [-0.3, -0.25) is 4.72 Å². The Morgan fingerprint density at radius 1 is 1.08 bits per heavy atom. The quantitative estimate of drug-likeness (QED) is 0.896. The Kier molecular flexibility index (Phi) is 4.28. The van der Waals surface area contributed by atoms with Crippen LogP contribution in [0.15, 0.2) is 41.3 Å². The van der Waals surface area contributed by atoms with E-state index in [-0.39, 0.29) is 17.6 Å². The molecule has 2 aromatic carbocycles. The van der Waals surface area contributed by atoms with Gasteiger partial charge in [0.2, 0.25) is 6.79 Å². The summed E-state index contributed by atoms with van der Waals surface area (Å²) in [6.45, 7) is 4.14. The van der Waals surface area contributed by atoms with Gasteiger partial charge in [0, 0.05) is 6.07 Å². The summed E-state index contributed by atoms with van der Waals surface area (Å²) in [5, 5.41) is 0. The maximum absolute atomic E-state index is 12.8. The average molecular weight is 349 g/mol. The Labute approximate surface area is 141 Å². The molecule has 6 nitrogen and oxygen atoms in total. The number of nitrogens with one attached hydrogen (secondary N) is 1. The first-order valence-corrected chi connectivity index (χ1v) is 8.99. The third-order valence-corrected chi connectivity index (χ3v) is 5.17. The summed E-state index contributed by atoms with van der Waals surface area (Å²) < 4.78 is 43.9. The largest absolute Gasteiger partial charge is 0.495 e. The van der Waals surface area contributed by atoms with E-state index in [1.54, 1.807) is 30.3 Å². The molecule has 1 heterocycles. The molecular formula is C17H19NO5S. The van der Waals surface area contributed by atoms with Crippen LogP contribution in [-0.2, 0) is 10.0 Å². The minimum Gasteiger partial charge on any atom is -0.495 e. The number of methoxy groups -OCH3 is 1. The third kappa shape index (κ3) is 3.12. The highest BCUT2D eigenvalue weighted by Crippen LogP contribution is 2.35. The van der Waals surface area contributed by atoms with Crippen molar-refractivity contribution in [3.63, 3.8) is 0 Å². The molecule has 0 amide bonds. The number of ether oxygens (including phenoxy) is 3. The Balaban J connectivity index is 1.97. The van der Waals surface area contributed by atoms with Crippen molar-refractivity contribution in [1.29, 1.82) is 0 Å². The van der Waals surface area contributed by atoms with Crippen LogP contribution in [0.1, 0.15) is 25.3 Å². The number of rotatable bonds is 5. The van der Waals surface area contributed by atoms with Gasteiger partial charge in [-0.05, 0) is 35.7 Å². The topological polar surface area (TPSA) is 73.9 Å². The fourth-order valence-corrected chi connectivity index (χ4v) is 3.69. The van der Waals surface area contributed by atoms with Crippen molar-refractivity contribution < 1.29 is 22.6 Å². The van der Waals surface area contributed by atoms with Gasteiger partial charge in [-0.15, -0.1) is 0 Å². The monoisotopic (exact) mass is 349 g/mol. The van der Waals surface area contributed by atoms with Crippen LogP contribution in [0.4, 0.5) is 5.69 Å². The van der Waals surface area contributed by atoms with E-state index < -0.39 is 10.0 Å². The molecule has 0 bridgehead atoms. The van der Waals surface area contributed by atoms with Crippen molar-refractivity contribution in [1.82, 2.24) is 0 Å². The second-order valence-corrected chi connectivity index (χ2v) is 7.39. The van der Waals surface area contributed by atoms with E-state index in [1.165, 1.54) is 7.11 Å². The van der Waals surface area contributed by atoms with Crippen molar-refractivity contribution in [3.05, 3.63) is 42.0 Å². The van der Waals surface area contributed by atoms with Crippen molar-refractivity contribution in [3.8, 4) is 17.2 Å². The molecular weight excluding hydrogens is 330 g/mol. The lowest BCUT2D eigenvalue weighted by Gasteiger charge is -2.14. The van der Waals surface area contributed by atoms with Crippen molar-refractivity contribution in [2.75, 3.05) is 18.6 Å². The maximum Gasteiger partial charge on any atom is 0.265 e. The van der Waals surface area contributed by atoms with E-state index in [2.05, 4.69) is 4.72 Å². The van der Waals surface area contributed by atoms with Gasteiger partial charge in [0.05, 0.1) is 12.8 Å². The molecule has 2 aromatic rings. The van der Waals surface area contributed by atoms with Gasteiger partial charge in [-0.25, -0.2) is 8.42 Å². The van der Waals surface area contributed by atoms with Crippen LogP contribution in [0.5, 0.6) is 17.2 Å². The maximum atomic E-state index is 12.8. The van der Waals surface area contributed by atoms with Gasteiger partial charge in [0.1, 0.15) is 10.6 Å². The van der Waals surface area contributed by atoms with E-state index in [9.17, 15) is 8.42 Å². The highest BCUT2D eigenvalue weighted by atomic mass is 32.2. The molecule has 24 heavy (non-hydrogen) atoms. The van der Waals surface area contributed by atoms with Crippen LogP contribution >= 0.6 is 0 Å². The number of benzene rings is 2. The van der Waals surface area contributed by atoms with E-state index in [0.717, 1.165) is 5.56 Å². The number of anilines is 1. The van der Waals surface area contributed by atoms with Gasteiger partial charge < -0.3 is 14.2 Å². The molecule has 0 aromatic heterocycles. The molecule has 1 aliphatic rings. The first-order valence-electron chi connectivity index (χ1n) is 7.51. The molecule has 0 unspecified atom stereocenters. The second-order valence-electron chi connectivity index (χ2n) is 5.74. The zero-order valence-electron chi connectivity index (χ0n) is 13.7. The van der Waals surface area contributed by atoms with E-state index >= 15 is 0 Å². The minimum absolute atomic E-state index is 0.105. The minimum atomic E-state index is -3.80. The molecule has 0 atom stereocenters.